The van der Waals surface area contributed by atoms with Crippen LogP contribution in [0.4, 0.5) is 0 Å². The normalized spacial score (nSPS) is 11.3. The van der Waals surface area contributed by atoms with Crippen molar-refractivity contribution in [1.82, 2.24) is 21.3 Å². The van der Waals surface area contributed by atoms with Crippen LogP contribution in [-0.2, 0) is 0 Å². The number of carbonyl (C=O) groups is 2. The molecule has 1 atom stereocenters. The summed E-state index contributed by atoms with van der Waals surface area (Å²) in [6, 6.07) is 6.37. The fraction of sp³-hybridized carbons (Fsp3) is 0.294. The largest absolute Gasteiger partial charge is 0.459 e. The molecule has 4 N–H and O–H groups in total. The molecule has 2 aromatic heterocycles. The van der Waals surface area contributed by atoms with Crippen molar-refractivity contribution in [2.45, 2.75) is 25.8 Å². The van der Waals surface area contributed by atoms with Gasteiger partial charge in [0.2, 0.25) is 0 Å². The Morgan fingerprint density at radius 1 is 1.00 bits per heavy atom. The van der Waals surface area contributed by atoms with Crippen molar-refractivity contribution < 1.29 is 18.4 Å². The zero-order valence-electron chi connectivity index (χ0n) is 14.6. The van der Waals surface area contributed by atoms with E-state index in [1.54, 1.807) is 24.3 Å². The van der Waals surface area contributed by atoms with Crippen LogP contribution in [0.1, 0.15) is 40.9 Å². The molecule has 144 valence electrons. The zero-order chi connectivity index (χ0) is 19.6. The molecule has 2 amide bonds. The molecule has 0 spiro atoms. The number of amides is 2. The molecular weight excluding hydrogens is 388 g/mol. The Hall–Kier alpha value is -2.72. The maximum atomic E-state index is 11.9. The van der Waals surface area contributed by atoms with Crippen LogP contribution in [0, 0.1) is 0 Å². The van der Waals surface area contributed by atoms with Gasteiger partial charge < -0.3 is 19.5 Å². The van der Waals surface area contributed by atoms with Gasteiger partial charge in [-0.05, 0) is 61.5 Å². The fourth-order valence-corrected chi connectivity index (χ4v) is 2.60. The molecule has 2 rings (SSSR count). The Kier molecular flexibility index (Phi) is 7.96. The summed E-state index contributed by atoms with van der Waals surface area (Å²) in [4.78, 5) is 23.7. The third-order valence-electron chi connectivity index (χ3n) is 3.55. The molecule has 8 nitrogen and oxygen atoms in total. The van der Waals surface area contributed by atoms with Gasteiger partial charge in [0.15, 0.2) is 21.7 Å². The lowest BCUT2D eigenvalue weighted by Crippen LogP contribution is -2.46. The lowest BCUT2D eigenvalue weighted by atomic mass is 10.1. The van der Waals surface area contributed by atoms with E-state index >= 15 is 0 Å². The van der Waals surface area contributed by atoms with Crippen LogP contribution in [0.3, 0.4) is 0 Å². The highest BCUT2D eigenvalue weighted by Crippen LogP contribution is 2.01. The predicted molar refractivity (Wildman–Crippen MR) is 107 cm³/mol. The van der Waals surface area contributed by atoms with Crippen molar-refractivity contribution in [3.63, 3.8) is 0 Å². The van der Waals surface area contributed by atoms with E-state index in [1.807, 2.05) is 6.92 Å². The maximum absolute atomic E-state index is 11.9. The molecule has 0 saturated carbocycles. The van der Waals surface area contributed by atoms with E-state index in [2.05, 4.69) is 21.3 Å². The highest BCUT2D eigenvalue weighted by Gasteiger charge is 2.14. The van der Waals surface area contributed by atoms with Crippen LogP contribution in [0.15, 0.2) is 45.6 Å². The smallest absolute Gasteiger partial charge is 0.293 e. The molecule has 10 heteroatoms. The van der Waals surface area contributed by atoms with Gasteiger partial charge in [0.25, 0.3) is 11.8 Å². The second-order valence-corrected chi connectivity index (χ2v) is 6.30. The van der Waals surface area contributed by atoms with Crippen LogP contribution in [0.25, 0.3) is 0 Å². The molecule has 0 bridgehead atoms. The Balaban J connectivity index is 1.68. The van der Waals surface area contributed by atoms with Crippen molar-refractivity contribution >= 4 is 46.5 Å². The number of furan rings is 2. The van der Waals surface area contributed by atoms with Gasteiger partial charge in [0, 0.05) is 12.6 Å². The summed E-state index contributed by atoms with van der Waals surface area (Å²) in [7, 11) is 0. The van der Waals surface area contributed by atoms with Crippen molar-refractivity contribution in [2.75, 3.05) is 6.54 Å². The second kappa shape index (κ2) is 10.4. The van der Waals surface area contributed by atoms with Gasteiger partial charge in [0.05, 0.1) is 12.5 Å². The number of rotatable bonds is 7. The van der Waals surface area contributed by atoms with Gasteiger partial charge in [-0.15, -0.1) is 0 Å². The van der Waals surface area contributed by atoms with Crippen LogP contribution in [-0.4, -0.2) is 34.6 Å². The Labute approximate surface area is 167 Å². The molecule has 2 aromatic rings. The molecular formula is C17H20N4O4S2. The first kappa shape index (κ1) is 20.6. The summed E-state index contributed by atoms with van der Waals surface area (Å²) in [5.74, 6) is -0.451. The monoisotopic (exact) mass is 408 g/mol. The number of carbonyl (C=O) groups excluding carboxylic acids is 2. The molecule has 0 aliphatic heterocycles. The molecule has 0 saturated heterocycles. The van der Waals surface area contributed by atoms with Crippen molar-refractivity contribution in [1.29, 1.82) is 0 Å². The predicted octanol–water partition coefficient (Wildman–Crippen LogP) is 1.95. The van der Waals surface area contributed by atoms with Crippen LogP contribution in [0.2, 0.25) is 0 Å². The Morgan fingerprint density at radius 3 is 2.04 bits per heavy atom. The minimum absolute atomic E-state index is 0.0190. The molecule has 0 fully saturated rings. The molecule has 2 heterocycles. The SMILES string of the molecule is CCC(CCNC(=S)NC(=O)c1ccco1)NC(=S)NC(=O)c1ccco1. The first-order valence-corrected chi connectivity index (χ1v) is 9.09. The van der Waals surface area contributed by atoms with Crippen LogP contribution >= 0.6 is 24.4 Å². The molecule has 0 aliphatic rings. The standard InChI is InChI=1S/C17H20N4O4S2/c1-2-11(19-17(27)21-15(23)13-6-4-10-25-13)7-8-18-16(26)20-14(22)12-5-3-9-24-12/h3-6,9-11H,2,7-8H2,1H3,(H2,18,20,22,26)(H2,19,21,23,27). The first-order valence-electron chi connectivity index (χ1n) is 8.27. The maximum Gasteiger partial charge on any atom is 0.293 e. The van der Waals surface area contributed by atoms with E-state index in [9.17, 15) is 9.59 Å². The summed E-state index contributed by atoms with van der Waals surface area (Å²) in [5.41, 5.74) is 0. The molecule has 1 unspecified atom stereocenters. The van der Waals surface area contributed by atoms with E-state index < -0.39 is 11.8 Å². The van der Waals surface area contributed by atoms with Gasteiger partial charge >= 0.3 is 0 Å². The van der Waals surface area contributed by atoms with Crippen molar-refractivity contribution in [3.05, 3.63) is 48.3 Å². The Morgan fingerprint density at radius 2 is 1.56 bits per heavy atom. The van der Waals surface area contributed by atoms with Crippen LogP contribution in [0.5, 0.6) is 0 Å². The summed E-state index contributed by atoms with van der Waals surface area (Å²) in [5, 5.41) is 11.5. The quantitative estimate of drug-likeness (QED) is 0.515. The Bertz CT molecular complexity index is 775. The first-order chi connectivity index (χ1) is 13.0. The average molecular weight is 409 g/mol. The average Bonchev–Trinajstić information content (AvgIpc) is 3.34. The zero-order valence-corrected chi connectivity index (χ0v) is 16.2. The highest BCUT2D eigenvalue weighted by molar-refractivity contribution is 7.80. The van der Waals surface area contributed by atoms with Gasteiger partial charge in [-0.25, -0.2) is 0 Å². The van der Waals surface area contributed by atoms with E-state index in [4.69, 9.17) is 33.3 Å². The van der Waals surface area contributed by atoms with Crippen molar-refractivity contribution in [3.8, 4) is 0 Å². The van der Waals surface area contributed by atoms with E-state index in [0.717, 1.165) is 6.42 Å². The molecule has 0 aliphatic carbocycles. The number of thiocarbonyl (C=S) groups is 2. The lowest BCUT2D eigenvalue weighted by molar-refractivity contribution is 0.0942. The van der Waals surface area contributed by atoms with E-state index in [-0.39, 0.29) is 27.8 Å². The topological polar surface area (TPSA) is 109 Å². The summed E-state index contributed by atoms with van der Waals surface area (Å²) < 4.78 is 10.0. The molecule has 0 radical (unpaired) electrons. The minimum atomic E-state index is -0.413. The van der Waals surface area contributed by atoms with Crippen LogP contribution < -0.4 is 21.3 Å². The summed E-state index contributed by atoms with van der Waals surface area (Å²) in [6.07, 6.45) is 4.28. The second-order valence-electron chi connectivity index (χ2n) is 5.49. The van der Waals surface area contributed by atoms with Gasteiger partial charge in [0.1, 0.15) is 0 Å². The summed E-state index contributed by atoms with van der Waals surface area (Å²) in [6.45, 7) is 2.50. The number of hydrogen-bond acceptors (Lipinski definition) is 6. The van der Waals surface area contributed by atoms with Crippen molar-refractivity contribution in [2.24, 2.45) is 0 Å². The number of nitrogens with one attached hydrogen (secondary N) is 4. The third kappa shape index (κ3) is 6.83. The fourth-order valence-electron chi connectivity index (χ4n) is 2.15. The number of hydrogen-bond donors (Lipinski definition) is 4. The third-order valence-corrected chi connectivity index (χ3v) is 4.02. The van der Waals surface area contributed by atoms with Gasteiger partial charge in [-0.1, -0.05) is 6.92 Å². The van der Waals surface area contributed by atoms with E-state index in [1.165, 1.54) is 12.5 Å². The highest BCUT2D eigenvalue weighted by atomic mass is 32.1. The summed E-state index contributed by atoms with van der Waals surface area (Å²) >= 11 is 10.2. The molecule has 0 aromatic carbocycles. The van der Waals surface area contributed by atoms with E-state index in [0.29, 0.717) is 13.0 Å². The van der Waals surface area contributed by atoms with Gasteiger partial charge in [-0.3, -0.25) is 20.2 Å². The van der Waals surface area contributed by atoms with Gasteiger partial charge in [-0.2, -0.15) is 0 Å². The molecule has 27 heavy (non-hydrogen) atoms. The lowest BCUT2D eigenvalue weighted by Gasteiger charge is -2.19. The minimum Gasteiger partial charge on any atom is -0.459 e.